The van der Waals surface area contributed by atoms with Gasteiger partial charge in [0.1, 0.15) is 19.0 Å². The summed E-state index contributed by atoms with van der Waals surface area (Å²) >= 11 is 0. The van der Waals surface area contributed by atoms with Gasteiger partial charge in [-0.15, -0.1) is 6.58 Å². The first-order valence-electron chi connectivity index (χ1n) is 8.76. The van der Waals surface area contributed by atoms with Gasteiger partial charge in [-0.1, -0.05) is 36.4 Å². The van der Waals surface area contributed by atoms with Crippen LogP contribution < -0.4 is 10.6 Å². The molecule has 2 aliphatic rings. The van der Waals surface area contributed by atoms with Crippen molar-refractivity contribution in [1.29, 1.82) is 0 Å². The van der Waals surface area contributed by atoms with Crippen LogP contribution >= 0.6 is 0 Å². The van der Waals surface area contributed by atoms with E-state index in [2.05, 4.69) is 6.58 Å². The molecule has 0 bridgehead atoms. The minimum atomic E-state index is -0.359. The number of carbonyl (C=O) groups excluding carboxylic acids is 1. The SMILES string of the molecule is C=CC1(N2CN(OCc3ccccc3)n3ccc(=O)cc3C2=O)CCC1. The number of carbonyl (C=O) groups is 1. The largest absolute Gasteiger partial charge is 0.306 e. The Labute approximate surface area is 151 Å². The van der Waals surface area contributed by atoms with E-state index in [1.807, 2.05) is 36.4 Å². The zero-order valence-electron chi connectivity index (χ0n) is 14.5. The Kier molecular flexibility index (Phi) is 4.12. The standard InChI is InChI=1S/C20H21N3O3/c1-2-20(10-6-11-20)21-15-23(26-14-16-7-4-3-5-8-16)22-12-9-17(24)13-18(22)19(21)25/h2-5,7-9,12-13H,1,6,10-11,14-15H2. The first kappa shape index (κ1) is 16.6. The maximum Gasteiger partial charge on any atom is 0.274 e. The summed E-state index contributed by atoms with van der Waals surface area (Å²) in [6.07, 6.45) is 6.25. The summed E-state index contributed by atoms with van der Waals surface area (Å²) in [5.74, 6) is -0.165. The van der Waals surface area contributed by atoms with E-state index in [0.29, 0.717) is 12.3 Å². The van der Waals surface area contributed by atoms with Gasteiger partial charge in [0, 0.05) is 18.3 Å². The van der Waals surface area contributed by atoms with Crippen molar-refractivity contribution < 1.29 is 9.63 Å². The molecule has 0 spiro atoms. The van der Waals surface area contributed by atoms with Crippen LogP contribution in [0.25, 0.3) is 0 Å². The van der Waals surface area contributed by atoms with Crippen LogP contribution in [0.1, 0.15) is 35.3 Å². The molecule has 0 atom stereocenters. The van der Waals surface area contributed by atoms with Crippen LogP contribution in [-0.2, 0) is 11.4 Å². The van der Waals surface area contributed by atoms with Gasteiger partial charge in [-0.05, 0) is 24.8 Å². The van der Waals surface area contributed by atoms with E-state index in [1.165, 1.54) is 12.1 Å². The number of hydrogen-bond acceptors (Lipinski definition) is 4. The molecule has 1 saturated carbocycles. The van der Waals surface area contributed by atoms with Crippen molar-refractivity contribution in [3.63, 3.8) is 0 Å². The highest BCUT2D eigenvalue weighted by atomic mass is 16.7. The van der Waals surface area contributed by atoms with E-state index in [4.69, 9.17) is 4.84 Å². The average Bonchev–Trinajstić information content (AvgIpc) is 2.63. The minimum Gasteiger partial charge on any atom is -0.306 e. The summed E-state index contributed by atoms with van der Waals surface area (Å²) < 4.78 is 1.61. The lowest BCUT2D eigenvalue weighted by Crippen LogP contribution is -2.63. The molecule has 1 amide bonds. The predicted molar refractivity (Wildman–Crippen MR) is 98.0 cm³/mol. The fourth-order valence-electron chi connectivity index (χ4n) is 3.51. The van der Waals surface area contributed by atoms with Crippen LogP contribution in [0.15, 0.2) is 66.1 Å². The number of nitrogens with zero attached hydrogens (tertiary/aromatic N) is 3. The third-order valence-electron chi connectivity index (χ3n) is 5.23. The van der Waals surface area contributed by atoms with E-state index in [9.17, 15) is 9.59 Å². The number of hydroxylamine groups is 1. The number of hydrogen-bond donors (Lipinski definition) is 0. The van der Waals surface area contributed by atoms with Crippen LogP contribution in [0.4, 0.5) is 0 Å². The summed E-state index contributed by atoms with van der Waals surface area (Å²) in [7, 11) is 0. The summed E-state index contributed by atoms with van der Waals surface area (Å²) in [5.41, 5.74) is 0.782. The number of rotatable bonds is 5. The Balaban J connectivity index is 1.66. The predicted octanol–water partition coefficient (Wildman–Crippen LogP) is 2.44. The summed E-state index contributed by atoms with van der Waals surface area (Å²) in [4.78, 5) is 32.6. The van der Waals surface area contributed by atoms with Crippen LogP contribution in [0.3, 0.4) is 0 Å². The van der Waals surface area contributed by atoms with Gasteiger partial charge in [0.25, 0.3) is 5.91 Å². The average molecular weight is 351 g/mol. The van der Waals surface area contributed by atoms with Crippen LogP contribution in [0.5, 0.6) is 0 Å². The smallest absolute Gasteiger partial charge is 0.274 e. The Hall–Kier alpha value is -2.86. The lowest BCUT2D eigenvalue weighted by molar-refractivity contribution is -0.0311. The molecule has 26 heavy (non-hydrogen) atoms. The minimum absolute atomic E-state index is 0.165. The topological polar surface area (TPSA) is 54.8 Å². The summed E-state index contributed by atoms with van der Waals surface area (Å²) in [5, 5.41) is 1.63. The Morgan fingerprint density at radius 1 is 1.15 bits per heavy atom. The van der Waals surface area contributed by atoms with Gasteiger partial charge in [-0.2, -0.15) is 5.17 Å². The van der Waals surface area contributed by atoms with Gasteiger partial charge in [0.15, 0.2) is 5.43 Å². The second kappa shape index (κ2) is 6.46. The second-order valence-corrected chi connectivity index (χ2v) is 6.74. The van der Waals surface area contributed by atoms with E-state index >= 15 is 0 Å². The lowest BCUT2D eigenvalue weighted by atomic mass is 9.75. The fourth-order valence-corrected chi connectivity index (χ4v) is 3.51. The quantitative estimate of drug-likeness (QED) is 0.777. The molecule has 2 heterocycles. The highest BCUT2D eigenvalue weighted by Gasteiger charge is 2.46. The van der Waals surface area contributed by atoms with Gasteiger partial charge >= 0.3 is 0 Å². The zero-order chi connectivity index (χ0) is 18.1. The summed E-state index contributed by atoms with van der Waals surface area (Å²) in [6.45, 7) is 4.59. The van der Waals surface area contributed by atoms with Gasteiger partial charge in [0.05, 0.1) is 5.54 Å². The zero-order valence-corrected chi connectivity index (χ0v) is 14.5. The first-order valence-corrected chi connectivity index (χ1v) is 8.76. The fraction of sp³-hybridized carbons (Fsp3) is 0.300. The molecule has 0 saturated heterocycles. The molecule has 1 aliphatic heterocycles. The van der Waals surface area contributed by atoms with Crippen molar-refractivity contribution >= 4 is 5.91 Å². The van der Waals surface area contributed by atoms with Crippen molar-refractivity contribution in [3.05, 3.63) is 82.8 Å². The Morgan fingerprint density at radius 3 is 2.58 bits per heavy atom. The molecule has 0 N–H and O–H groups in total. The molecule has 0 radical (unpaired) electrons. The normalized spacial score (nSPS) is 18.2. The van der Waals surface area contributed by atoms with Crippen molar-refractivity contribution in [1.82, 2.24) is 9.58 Å². The van der Waals surface area contributed by atoms with Gasteiger partial charge in [-0.25, -0.2) is 4.68 Å². The summed E-state index contributed by atoms with van der Waals surface area (Å²) in [6, 6.07) is 12.6. The third-order valence-corrected chi connectivity index (χ3v) is 5.23. The second-order valence-electron chi connectivity index (χ2n) is 6.74. The van der Waals surface area contributed by atoms with E-state index in [-0.39, 0.29) is 23.5 Å². The van der Waals surface area contributed by atoms with E-state index in [1.54, 1.807) is 20.9 Å². The van der Waals surface area contributed by atoms with Gasteiger partial charge < -0.3 is 4.90 Å². The highest BCUT2D eigenvalue weighted by Crippen LogP contribution is 2.40. The molecule has 1 aromatic carbocycles. The van der Waals surface area contributed by atoms with Crippen molar-refractivity contribution in [2.75, 3.05) is 11.8 Å². The molecule has 0 unspecified atom stereocenters. The Morgan fingerprint density at radius 2 is 1.92 bits per heavy atom. The highest BCUT2D eigenvalue weighted by molar-refractivity contribution is 5.94. The molecule has 1 aromatic heterocycles. The molecule has 4 rings (SSSR count). The number of fused-ring (bicyclic) bond motifs is 1. The van der Waals surface area contributed by atoms with Gasteiger partial charge in [-0.3, -0.25) is 14.4 Å². The number of pyridine rings is 1. The molecule has 1 fully saturated rings. The molecule has 6 heteroatoms. The number of benzene rings is 1. The van der Waals surface area contributed by atoms with E-state index in [0.717, 1.165) is 24.8 Å². The van der Waals surface area contributed by atoms with Crippen LogP contribution in [-0.4, -0.2) is 27.7 Å². The van der Waals surface area contributed by atoms with Crippen LogP contribution in [0.2, 0.25) is 0 Å². The number of aromatic nitrogens is 1. The first-order chi connectivity index (χ1) is 12.6. The van der Waals surface area contributed by atoms with Crippen LogP contribution in [0, 0.1) is 0 Å². The molecule has 6 nitrogen and oxygen atoms in total. The van der Waals surface area contributed by atoms with Crippen molar-refractivity contribution in [3.8, 4) is 0 Å². The Bertz CT molecular complexity index is 887. The van der Waals surface area contributed by atoms with Crippen molar-refractivity contribution in [2.45, 2.75) is 31.4 Å². The lowest BCUT2D eigenvalue weighted by Gasteiger charge is -2.51. The van der Waals surface area contributed by atoms with Gasteiger partial charge in [0.2, 0.25) is 0 Å². The van der Waals surface area contributed by atoms with Crippen molar-refractivity contribution in [2.24, 2.45) is 0 Å². The maximum absolute atomic E-state index is 13.0. The third kappa shape index (κ3) is 2.72. The monoisotopic (exact) mass is 351 g/mol. The molecule has 1 aliphatic carbocycles. The molecule has 2 aromatic rings. The van der Waals surface area contributed by atoms with E-state index < -0.39 is 0 Å². The number of amides is 1. The molecular formula is C20H21N3O3. The molecular weight excluding hydrogens is 330 g/mol. The maximum atomic E-state index is 13.0. The molecule has 134 valence electrons.